The largest absolute Gasteiger partial charge is 0.392 e. The van der Waals surface area contributed by atoms with Gasteiger partial charge in [-0.25, -0.2) is 10.5 Å². The van der Waals surface area contributed by atoms with Crippen LogP contribution in [0.25, 0.3) is 11.1 Å². The van der Waals surface area contributed by atoms with Crippen LogP contribution < -0.4 is 10.8 Å². The summed E-state index contributed by atoms with van der Waals surface area (Å²) in [6, 6.07) is 23.8. The van der Waals surface area contributed by atoms with E-state index in [0.717, 1.165) is 52.6 Å². The van der Waals surface area contributed by atoms with Crippen molar-refractivity contribution in [3.63, 3.8) is 0 Å². The van der Waals surface area contributed by atoms with Crippen LogP contribution in [0.3, 0.4) is 0 Å². The topological polar surface area (TPSA) is 135 Å². The van der Waals surface area contributed by atoms with Gasteiger partial charge < -0.3 is 24.5 Å². The highest BCUT2D eigenvalue weighted by atomic mass is 35.5. The minimum Gasteiger partial charge on any atom is -0.392 e. The van der Waals surface area contributed by atoms with Crippen LogP contribution in [-0.2, 0) is 38.8 Å². The Morgan fingerprint density at radius 2 is 1.56 bits per heavy atom. The molecule has 0 spiro atoms. The lowest BCUT2D eigenvalue weighted by molar-refractivity contribution is -0.252. The molecule has 2 amide bonds. The van der Waals surface area contributed by atoms with Gasteiger partial charge in [0.25, 0.3) is 0 Å². The number of imidazole rings is 1. The van der Waals surface area contributed by atoms with Gasteiger partial charge in [-0.2, -0.15) is 0 Å². The van der Waals surface area contributed by atoms with E-state index in [1.54, 1.807) is 16.4 Å². The van der Waals surface area contributed by atoms with Gasteiger partial charge in [-0.3, -0.25) is 14.8 Å². The van der Waals surface area contributed by atoms with Crippen molar-refractivity contribution in [3.05, 3.63) is 112 Å². The van der Waals surface area contributed by atoms with E-state index < -0.39 is 6.29 Å². The molecule has 0 radical (unpaired) electrons. The standard InChI is InChI=1S/C36H40Cl2N4O6/c37-34-35(38)42(23-40-34)21-29-19-31(26-13-11-24(22-43)12-14-26)48-36(47-29)27-17-15-25(16-18-27)30-8-6-5-7-28(30)20-39-32(44)9-3-1-2-4-10-33(45)41-46/h5-8,11-18,23,29,31,36,43,46H,1-4,9-10,19-22H2,(H,39,44)(H,41,45). The number of hydroxylamine groups is 1. The third kappa shape index (κ3) is 9.65. The Balaban J connectivity index is 1.23. The number of hydrogen-bond acceptors (Lipinski definition) is 7. The van der Waals surface area contributed by atoms with Crippen molar-refractivity contribution in [2.45, 2.75) is 83.1 Å². The van der Waals surface area contributed by atoms with Gasteiger partial charge in [0, 0.05) is 31.4 Å². The second-order valence-corrected chi connectivity index (χ2v) is 12.5. The highest BCUT2D eigenvalue weighted by molar-refractivity contribution is 6.40. The van der Waals surface area contributed by atoms with Gasteiger partial charge in [0.1, 0.15) is 5.15 Å². The van der Waals surface area contributed by atoms with E-state index in [0.29, 0.717) is 37.5 Å². The molecule has 1 aliphatic rings. The summed E-state index contributed by atoms with van der Waals surface area (Å²) in [4.78, 5) is 27.7. The van der Waals surface area contributed by atoms with Crippen LogP contribution >= 0.6 is 23.2 Å². The summed E-state index contributed by atoms with van der Waals surface area (Å²) in [5.41, 5.74) is 7.32. The average molecular weight is 696 g/mol. The smallest absolute Gasteiger partial charge is 0.243 e. The predicted octanol–water partition coefficient (Wildman–Crippen LogP) is 7.06. The molecule has 10 nitrogen and oxygen atoms in total. The Labute approximate surface area is 290 Å². The van der Waals surface area contributed by atoms with Gasteiger partial charge in [0.15, 0.2) is 11.4 Å². The summed E-state index contributed by atoms with van der Waals surface area (Å²) < 4.78 is 14.7. The van der Waals surface area contributed by atoms with E-state index >= 15 is 0 Å². The molecule has 254 valence electrons. The molecule has 4 N–H and O–H groups in total. The van der Waals surface area contributed by atoms with Gasteiger partial charge in [-0.15, -0.1) is 0 Å². The van der Waals surface area contributed by atoms with Crippen molar-refractivity contribution in [2.75, 3.05) is 0 Å². The van der Waals surface area contributed by atoms with E-state index in [1.807, 2.05) is 72.8 Å². The van der Waals surface area contributed by atoms with Crippen LogP contribution in [0.4, 0.5) is 0 Å². The first-order valence-corrected chi connectivity index (χ1v) is 16.8. The first kappa shape index (κ1) is 35.5. The van der Waals surface area contributed by atoms with Gasteiger partial charge in [-0.05, 0) is 40.7 Å². The maximum absolute atomic E-state index is 12.5. The van der Waals surface area contributed by atoms with Crippen molar-refractivity contribution in [1.29, 1.82) is 0 Å². The fourth-order valence-electron chi connectivity index (χ4n) is 5.76. The zero-order valence-corrected chi connectivity index (χ0v) is 28.0. The Bertz CT molecular complexity index is 1650. The van der Waals surface area contributed by atoms with Crippen molar-refractivity contribution in [3.8, 4) is 11.1 Å². The summed E-state index contributed by atoms with van der Waals surface area (Å²) in [5.74, 6) is -0.409. The highest BCUT2D eigenvalue weighted by Gasteiger charge is 2.33. The molecule has 0 aliphatic carbocycles. The number of halogens is 2. The summed E-state index contributed by atoms with van der Waals surface area (Å²) in [6.07, 6.45) is 4.81. The number of benzene rings is 3. The number of rotatable bonds is 15. The maximum atomic E-state index is 12.5. The summed E-state index contributed by atoms with van der Waals surface area (Å²) in [7, 11) is 0. The molecule has 12 heteroatoms. The fraction of sp³-hybridized carbons (Fsp3) is 0.361. The number of aromatic nitrogens is 2. The fourth-order valence-corrected chi connectivity index (χ4v) is 6.07. The molecular formula is C36H40Cl2N4O6. The second-order valence-electron chi connectivity index (χ2n) is 11.8. The summed E-state index contributed by atoms with van der Waals surface area (Å²) in [5, 5.41) is 21.7. The minimum atomic E-state index is -0.639. The van der Waals surface area contributed by atoms with Gasteiger partial charge in [0.2, 0.25) is 11.8 Å². The van der Waals surface area contributed by atoms with E-state index in [2.05, 4.69) is 10.3 Å². The van der Waals surface area contributed by atoms with Crippen molar-refractivity contribution < 1.29 is 29.4 Å². The lowest BCUT2D eigenvalue weighted by atomic mass is 9.97. The molecule has 48 heavy (non-hydrogen) atoms. The first-order chi connectivity index (χ1) is 23.3. The number of aliphatic hydroxyl groups excluding tert-OH is 1. The Morgan fingerprint density at radius 1 is 0.875 bits per heavy atom. The Morgan fingerprint density at radius 3 is 2.23 bits per heavy atom. The third-order valence-corrected chi connectivity index (χ3v) is 9.19. The van der Waals surface area contributed by atoms with E-state index in [1.165, 1.54) is 0 Å². The van der Waals surface area contributed by atoms with Crippen LogP contribution in [0, 0.1) is 0 Å². The SMILES string of the molecule is O=C(CCCCCCC(=O)NCc1ccccc1-c1ccc(C2OC(Cn3cnc(Cl)c3Cl)CC(c3ccc(CO)cc3)O2)cc1)NO. The molecule has 1 saturated heterocycles. The quantitative estimate of drug-likeness (QED) is 0.0595. The zero-order chi connectivity index (χ0) is 33.9. The third-order valence-electron chi connectivity index (χ3n) is 8.42. The number of carbonyl (C=O) groups is 2. The number of aliphatic hydroxyl groups is 1. The zero-order valence-electron chi connectivity index (χ0n) is 26.5. The molecular weight excluding hydrogens is 655 g/mol. The molecule has 1 fully saturated rings. The lowest BCUT2D eigenvalue weighted by Crippen LogP contribution is -2.32. The van der Waals surface area contributed by atoms with E-state index in [9.17, 15) is 14.7 Å². The highest BCUT2D eigenvalue weighted by Crippen LogP contribution is 2.39. The van der Waals surface area contributed by atoms with Crippen LogP contribution in [-0.4, -0.2) is 37.8 Å². The number of nitrogens with one attached hydrogen (secondary N) is 2. The van der Waals surface area contributed by atoms with Gasteiger partial charge >= 0.3 is 0 Å². The normalized spacial score (nSPS) is 17.6. The van der Waals surface area contributed by atoms with Crippen LogP contribution in [0.1, 0.15) is 79.6 Å². The summed E-state index contributed by atoms with van der Waals surface area (Å²) in [6.45, 7) is 0.824. The van der Waals surface area contributed by atoms with Crippen molar-refractivity contribution in [2.24, 2.45) is 0 Å². The van der Waals surface area contributed by atoms with Crippen molar-refractivity contribution in [1.82, 2.24) is 20.3 Å². The van der Waals surface area contributed by atoms with Crippen LogP contribution in [0.15, 0.2) is 79.1 Å². The molecule has 3 aromatic carbocycles. The first-order valence-electron chi connectivity index (χ1n) is 16.1. The molecule has 3 atom stereocenters. The van der Waals surface area contributed by atoms with Crippen molar-refractivity contribution >= 4 is 35.0 Å². The number of amides is 2. The van der Waals surface area contributed by atoms with E-state index in [4.69, 9.17) is 37.9 Å². The van der Waals surface area contributed by atoms with E-state index in [-0.39, 0.29) is 42.2 Å². The molecule has 1 aromatic heterocycles. The summed E-state index contributed by atoms with van der Waals surface area (Å²) >= 11 is 12.5. The van der Waals surface area contributed by atoms with Crippen LogP contribution in [0.5, 0.6) is 0 Å². The number of hydrogen-bond donors (Lipinski definition) is 4. The number of nitrogens with zero attached hydrogens (tertiary/aromatic N) is 2. The monoisotopic (exact) mass is 694 g/mol. The molecule has 0 bridgehead atoms. The molecule has 5 rings (SSSR count). The second kappa shape index (κ2) is 17.6. The van der Waals surface area contributed by atoms with Gasteiger partial charge in [-0.1, -0.05) is 109 Å². The Hall–Kier alpha value is -3.77. The predicted molar refractivity (Wildman–Crippen MR) is 182 cm³/mol. The lowest BCUT2D eigenvalue weighted by Gasteiger charge is -2.36. The van der Waals surface area contributed by atoms with Gasteiger partial charge in [0.05, 0.1) is 31.7 Å². The molecule has 2 heterocycles. The molecule has 4 aromatic rings. The van der Waals surface area contributed by atoms with Crippen LogP contribution in [0.2, 0.25) is 10.3 Å². The molecule has 1 aliphatic heterocycles. The average Bonchev–Trinajstić information content (AvgIpc) is 3.44. The number of unbranched alkanes of at least 4 members (excludes halogenated alkanes) is 3. The molecule has 0 saturated carbocycles. The number of carbonyl (C=O) groups excluding carboxylic acids is 2. The number of ether oxygens (including phenoxy) is 2. The molecule has 3 unspecified atom stereocenters. The maximum Gasteiger partial charge on any atom is 0.243 e. The Kier molecular flexibility index (Phi) is 13.0. The minimum absolute atomic E-state index is 0.0193.